The molecule has 0 bridgehead atoms. The molecule has 0 aliphatic rings. The molecule has 0 N–H and O–H groups in total. The number of rotatable bonds is 10. The van der Waals surface area contributed by atoms with Gasteiger partial charge in [-0.3, -0.25) is 4.79 Å². The maximum Gasteiger partial charge on any atom is 0.190 e. The van der Waals surface area contributed by atoms with E-state index in [9.17, 15) is 4.79 Å². The van der Waals surface area contributed by atoms with E-state index in [2.05, 4.69) is 13.8 Å². The van der Waals surface area contributed by atoms with Crippen LogP contribution >= 0.6 is 20.2 Å². The zero-order chi connectivity index (χ0) is 20.7. The lowest BCUT2D eigenvalue weighted by molar-refractivity contribution is 0.108. The molecule has 4 nitrogen and oxygen atoms in total. The quantitative estimate of drug-likeness (QED) is 0.451. The van der Waals surface area contributed by atoms with Gasteiger partial charge in [0.15, 0.2) is 5.52 Å². The van der Waals surface area contributed by atoms with Gasteiger partial charge in [-0.25, -0.2) is 0 Å². The lowest BCUT2D eigenvalue weighted by atomic mass is 10.2. The molecule has 0 aliphatic carbocycles. The zero-order valence-corrected chi connectivity index (χ0v) is 18.8. The van der Waals surface area contributed by atoms with Crippen molar-refractivity contribution in [2.24, 2.45) is 0 Å². The Labute approximate surface area is 174 Å². The average Bonchev–Trinajstić information content (AvgIpc) is 2.69. The fourth-order valence-electron chi connectivity index (χ4n) is 2.47. The Balaban J connectivity index is 2.34. The molecule has 0 saturated heterocycles. The van der Waals surface area contributed by atoms with E-state index >= 15 is 0 Å². The molecule has 0 aromatic heterocycles. The van der Waals surface area contributed by atoms with Crippen molar-refractivity contribution in [3.8, 4) is 17.2 Å². The molecule has 2 rings (SSSR count). The summed E-state index contributed by atoms with van der Waals surface area (Å²) < 4.78 is 17.3. The lowest BCUT2D eigenvalue weighted by Gasteiger charge is -2.19. The smallest absolute Gasteiger partial charge is 0.190 e. The molecule has 0 radical (unpaired) electrons. The standard InChI is InChI=1S/C22H28ClO4P/c1-6-14(3)26-16-11-12-20(19(13-16)27-15(4)7-2)28-22(24)21-17(23)9-8-10-18(21)25-5/h8-15,28H,6-7H2,1-5H3. The van der Waals surface area contributed by atoms with Crippen LogP contribution in [0.5, 0.6) is 17.2 Å². The van der Waals surface area contributed by atoms with Crippen molar-refractivity contribution in [1.82, 2.24) is 0 Å². The minimum absolute atomic E-state index is 0.0346. The topological polar surface area (TPSA) is 44.8 Å². The third-order valence-electron chi connectivity index (χ3n) is 4.44. The van der Waals surface area contributed by atoms with Crippen molar-refractivity contribution in [1.29, 1.82) is 0 Å². The highest BCUT2D eigenvalue weighted by atomic mass is 35.5. The Morgan fingerprint density at radius 1 is 1.04 bits per heavy atom. The Morgan fingerprint density at radius 3 is 2.36 bits per heavy atom. The van der Waals surface area contributed by atoms with Gasteiger partial charge in [0.05, 0.1) is 29.9 Å². The van der Waals surface area contributed by atoms with Crippen molar-refractivity contribution in [3.05, 3.63) is 47.0 Å². The molecule has 0 amide bonds. The number of hydrogen-bond acceptors (Lipinski definition) is 4. The van der Waals surface area contributed by atoms with Crippen molar-refractivity contribution in [3.63, 3.8) is 0 Å². The van der Waals surface area contributed by atoms with Gasteiger partial charge in [-0.2, -0.15) is 0 Å². The van der Waals surface area contributed by atoms with E-state index in [1.807, 2.05) is 32.0 Å². The molecular weight excluding hydrogens is 395 g/mol. The van der Waals surface area contributed by atoms with Crippen LogP contribution in [-0.4, -0.2) is 24.8 Å². The Morgan fingerprint density at radius 2 is 1.71 bits per heavy atom. The van der Waals surface area contributed by atoms with Gasteiger partial charge < -0.3 is 14.2 Å². The van der Waals surface area contributed by atoms with Crippen molar-refractivity contribution in [2.75, 3.05) is 7.11 Å². The van der Waals surface area contributed by atoms with Crippen LogP contribution < -0.4 is 19.5 Å². The molecule has 2 aromatic carbocycles. The Bertz CT molecular complexity index is 809. The van der Waals surface area contributed by atoms with Gasteiger partial charge in [0.1, 0.15) is 17.2 Å². The molecule has 0 heterocycles. The predicted molar refractivity (Wildman–Crippen MR) is 117 cm³/mol. The van der Waals surface area contributed by atoms with Crippen molar-refractivity contribution < 1.29 is 19.0 Å². The summed E-state index contributed by atoms with van der Waals surface area (Å²) in [6.45, 7) is 8.17. The molecule has 28 heavy (non-hydrogen) atoms. The molecule has 0 fully saturated rings. The van der Waals surface area contributed by atoms with Gasteiger partial charge >= 0.3 is 0 Å². The summed E-state index contributed by atoms with van der Waals surface area (Å²) in [6.07, 6.45) is 1.92. The number of benzene rings is 2. The van der Waals surface area contributed by atoms with Crippen LogP contribution in [0.1, 0.15) is 50.9 Å². The third-order valence-corrected chi connectivity index (χ3v) is 5.91. The molecule has 152 valence electrons. The summed E-state index contributed by atoms with van der Waals surface area (Å²) in [7, 11) is 1.39. The maximum atomic E-state index is 13.0. The number of carbonyl (C=O) groups excluding carboxylic acids is 1. The predicted octanol–water partition coefficient (Wildman–Crippen LogP) is 5.85. The van der Waals surface area contributed by atoms with E-state index in [1.165, 1.54) is 7.11 Å². The van der Waals surface area contributed by atoms with Crippen LogP contribution in [0, 0.1) is 0 Å². The summed E-state index contributed by atoms with van der Waals surface area (Å²) in [4.78, 5) is 13.0. The lowest BCUT2D eigenvalue weighted by Crippen LogP contribution is -2.16. The molecule has 0 aliphatic heterocycles. The Hall–Kier alpha value is -1.77. The van der Waals surface area contributed by atoms with Gasteiger partial charge in [-0.1, -0.05) is 31.5 Å². The average molecular weight is 423 g/mol. The summed E-state index contributed by atoms with van der Waals surface area (Å²) >= 11 is 6.27. The summed E-state index contributed by atoms with van der Waals surface area (Å²) in [5.74, 6) is 1.89. The van der Waals surface area contributed by atoms with Crippen LogP contribution in [0.15, 0.2) is 36.4 Å². The second-order valence-electron chi connectivity index (χ2n) is 6.60. The third kappa shape index (κ3) is 5.86. The highest BCUT2D eigenvalue weighted by Crippen LogP contribution is 2.35. The number of methoxy groups -OCH3 is 1. The van der Waals surface area contributed by atoms with Gasteiger partial charge in [-0.05, 0) is 59.5 Å². The molecule has 0 spiro atoms. The van der Waals surface area contributed by atoms with Crippen LogP contribution in [0.2, 0.25) is 5.02 Å². The number of carbonyl (C=O) groups is 1. The van der Waals surface area contributed by atoms with Crippen LogP contribution in [0.3, 0.4) is 0 Å². The second kappa shape index (κ2) is 10.7. The minimum Gasteiger partial charge on any atom is -0.496 e. The van der Waals surface area contributed by atoms with E-state index in [1.54, 1.807) is 18.2 Å². The molecular formula is C22H28ClO4P. The second-order valence-corrected chi connectivity index (χ2v) is 8.25. The van der Waals surface area contributed by atoms with Crippen LogP contribution in [0.4, 0.5) is 0 Å². The molecule has 0 saturated carbocycles. The van der Waals surface area contributed by atoms with Crippen molar-refractivity contribution >= 4 is 31.0 Å². The monoisotopic (exact) mass is 422 g/mol. The molecule has 3 atom stereocenters. The van der Waals surface area contributed by atoms with Crippen LogP contribution in [-0.2, 0) is 0 Å². The number of ether oxygens (including phenoxy) is 3. The Kier molecular flexibility index (Phi) is 8.59. The van der Waals surface area contributed by atoms with Gasteiger partial charge in [0.2, 0.25) is 0 Å². The minimum atomic E-state index is -0.140. The summed E-state index contributed by atoms with van der Waals surface area (Å²) in [5, 5.41) is 1.21. The summed E-state index contributed by atoms with van der Waals surface area (Å²) in [5.41, 5.74) is 0.312. The molecule has 6 heteroatoms. The molecule has 2 aromatic rings. The van der Waals surface area contributed by atoms with E-state index in [-0.39, 0.29) is 26.3 Å². The first-order valence-electron chi connectivity index (χ1n) is 9.50. The molecule has 3 unspecified atom stereocenters. The van der Waals surface area contributed by atoms with E-state index < -0.39 is 0 Å². The first-order valence-corrected chi connectivity index (χ1v) is 10.9. The van der Waals surface area contributed by atoms with Gasteiger partial charge in [0.25, 0.3) is 0 Å². The zero-order valence-electron chi connectivity index (χ0n) is 17.0. The fourth-order valence-corrected chi connectivity index (χ4v) is 3.85. The first kappa shape index (κ1) is 22.5. The maximum absolute atomic E-state index is 13.0. The highest BCUT2D eigenvalue weighted by Gasteiger charge is 2.20. The number of hydrogen-bond donors (Lipinski definition) is 0. The largest absolute Gasteiger partial charge is 0.496 e. The number of halogens is 1. The normalized spacial score (nSPS) is 13.4. The van der Waals surface area contributed by atoms with E-state index in [0.717, 1.165) is 23.9 Å². The van der Waals surface area contributed by atoms with Crippen LogP contribution in [0.25, 0.3) is 0 Å². The van der Waals surface area contributed by atoms with E-state index in [4.69, 9.17) is 25.8 Å². The van der Waals surface area contributed by atoms with Gasteiger partial charge in [0, 0.05) is 11.4 Å². The van der Waals surface area contributed by atoms with Gasteiger partial charge in [-0.15, -0.1) is 0 Å². The first-order chi connectivity index (χ1) is 13.4. The SMILES string of the molecule is CCC(C)Oc1ccc(PC(=O)c2c(Cl)cccc2OC)c(OC(C)CC)c1. The highest BCUT2D eigenvalue weighted by molar-refractivity contribution is 7.66. The summed E-state index contributed by atoms with van der Waals surface area (Å²) in [6, 6.07) is 10.9. The van der Waals surface area contributed by atoms with Crippen molar-refractivity contribution in [2.45, 2.75) is 52.7 Å². The fraction of sp³-hybridized carbons (Fsp3) is 0.409. The van der Waals surface area contributed by atoms with E-state index in [0.29, 0.717) is 22.1 Å².